The molecule has 0 unspecified atom stereocenters. The van der Waals surface area contributed by atoms with Crippen LogP contribution >= 0.6 is 0 Å². The van der Waals surface area contributed by atoms with Crippen molar-refractivity contribution in [1.82, 2.24) is 9.80 Å². The van der Waals surface area contributed by atoms with Gasteiger partial charge in [0.15, 0.2) is 0 Å². The van der Waals surface area contributed by atoms with Gasteiger partial charge in [-0.15, -0.1) is 0 Å². The van der Waals surface area contributed by atoms with Gasteiger partial charge in [-0.25, -0.2) is 0 Å². The molecule has 0 spiro atoms. The minimum Gasteiger partial charge on any atom is -0.381 e. The van der Waals surface area contributed by atoms with Crippen LogP contribution in [-0.2, 0) is 4.74 Å². The first-order chi connectivity index (χ1) is 10.7. The largest absolute Gasteiger partial charge is 0.381 e. The van der Waals surface area contributed by atoms with Crippen LogP contribution in [0.5, 0.6) is 0 Å². The van der Waals surface area contributed by atoms with Gasteiger partial charge in [-0.1, -0.05) is 18.6 Å². The van der Waals surface area contributed by atoms with E-state index in [9.17, 15) is 0 Å². The van der Waals surface area contributed by atoms with Crippen LogP contribution in [0.4, 0.5) is 0 Å². The van der Waals surface area contributed by atoms with Crippen LogP contribution in [0, 0.1) is 17.8 Å². The maximum Gasteiger partial charge on any atom is 0.0469 e. The summed E-state index contributed by atoms with van der Waals surface area (Å²) >= 11 is 0. The summed E-state index contributed by atoms with van der Waals surface area (Å²) in [5.74, 6) is 2.55. The minimum absolute atomic E-state index is 0.802. The lowest BCUT2D eigenvalue weighted by Gasteiger charge is -2.40. The summed E-state index contributed by atoms with van der Waals surface area (Å²) in [6.07, 6.45) is 7.69. The Bertz CT molecular complexity index is 368. The Hall–Kier alpha value is -0.380. The number of rotatable bonds is 4. The van der Waals surface area contributed by atoms with E-state index in [0.29, 0.717) is 0 Å². The summed E-state index contributed by atoms with van der Waals surface area (Å²) in [5.41, 5.74) is 1.64. The maximum atomic E-state index is 5.48. The van der Waals surface area contributed by atoms with E-state index < -0.39 is 0 Å². The molecule has 0 radical (unpaired) electrons. The summed E-state index contributed by atoms with van der Waals surface area (Å²) < 4.78 is 5.48. The third kappa shape index (κ3) is 4.33. The van der Waals surface area contributed by atoms with Crippen molar-refractivity contribution in [3.8, 4) is 0 Å². The minimum atomic E-state index is 0.802. The Balaban J connectivity index is 1.41. The van der Waals surface area contributed by atoms with Crippen molar-refractivity contribution in [3.63, 3.8) is 0 Å². The molecular weight excluding hydrogens is 272 g/mol. The highest BCUT2D eigenvalue weighted by Gasteiger charge is 2.27. The number of ether oxygens (including phenoxy) is 1. The van der Waals surface area contributed by atoms with Crippen LogP contribution < -0.4 is 0 Å². The van der Waals surface area contributed by atoms with Crippen LogP contribution in [0.1, 0.15) is 39.5 Å². The molecule has 2 atom stereocenters. The molecule has 126 valence electrons. The van der Waals surface area contributed by atoms with E-state index >= 15 is 0 Å². The van der Waals surface area contributed by atoms with E-state index in [1.807, 2.05) is 0 Å². The first-order valence-electron chi connectivity index (χ1n) is 9.41. The van der Waals surface area contributed by atoms with Gasteiger partial charge in [-0.05, 0) is 50.4 Å². The monoisotopic (exact) mass is 306 g/mol. The fourth-order valence-electron chi connectivity index (χ4n) is 4.43. The lowest BCUT2D eigenvalue weighted by Crippen LogP contribution is -2.49. The molecule has 0 aromatic heterocycles. The summed E-state index contributed by atoms with van der Waals surface area (Å²) in [5, 5.41) is 0. The van der Waals surface area contributed by atoms with E-state index in [0.717, 1.165) is 31.0 Å². The van der Waals surface area contributed by atoms with Crippen molar-refractivity contribution in [2.75, 3.05) is 52.5 Å². The average Bonchev–Trinajstić information content (AvgIpc) is 2.54. The van der Waals surface area contributed by atoms with E-state index in [1.165, 1.54) is 65.0 Å². The van der Waals surface area contributed by atoms with Gasteiger partial charge in [-0.3, -0.25) is 0 Å². The van der Waals surface area contributed by atoms with Crippen molar-refractivity contribution in [2.24, 2.45) is 17.8 Å². The number of hydrogen-bond acceptors (Lipinski definition) is 3. The average molecular weight is 306 g/mol. The highest BCUT2D eigenvalue weighted by atomic mass is 16.5. The first kappa shape index (κ1) is 16.5. The molecule has 0 aromatic carbocycles. The molecule has 0 aromatic rings. The summed E-state index contributed by atoms with van der Waals surface area (Å²) in [6.45, 7) is 14.4. The fourth-order valence-corrected chi connectivity index (χ4v) is 4.43. The van der Waals surface area contributed by atoms with E-state index in [-0.39, 0.29) is 0 Å². The SMILES string of the molecule is CC1=CCC[C@H](C)[C@@H]1CN1CCN(CC2CCOCC2)CC1. The third-order valence-electron chi connectivity index (χ3n) is 6.14. The second-order valence-electron chi connectivity index (χ2n) is 7.77. The molecule has 0 saturated carbocycles. The molecule has 3 rings (SSSR count). The fraction of sp³-hybridized carbons (Fsp3) is 0.895. The second-order valence-corrected chi connectivity index (χ2v) is 7.77. The molecular formula is C19H34N2O. The lowest BCUT2D eigenvalue weighted by molar-refractivity contribution is 0.0401. The van der Waals surface area contributed by atoms with Gasteiger partial charge in [0.2, 0.25) is 0 Å². The van der Waals surface area contributed by atoms with Crippen molar-refractivity contribution in [3.05, 3.63) is 11.6 Å². The Morgan fingerprint density at radius 1 is 1.00 bits per heavy atom. The van der Waals surface area contributed by atoms with Gasteiger partial charge < -0.3 is 14.5 Å². The normalized spacial score (nSPS) is 32.9. The molecule has 1 aliphatic carbocycles. The summed E-state index contributed by atoms with van der Waals surface area (Å²) in [4.78, 5) is 5.41. The molecule has 0 N–H and O–H groups in total. The highest BCUT2D eigenvalue weighted by molar-refractivity contribution is 5.09. The van der Waals surface area contributed by atoms with Gasteiger partial charge in [0.1, 0.15) is 0 Å². The molecule has 22 heavy (non-hydrogen) atoms. The number of nitrogens with zero attached hydrogens (tertiary/aromatic N) is 2. The van der Waals surface area contributed by atoms with Crippen molar-refractivity contribution in [1.29, 1.82) is 0 Å². The number of hydrogen-bond donors (Lipinski definition) is 0. The molecule has 3 heteroatoms. The molecule has 3 nitrogen and oxygen atoms in total. The van der Waals surface area contributed by atoms with Crippen LogP contribution in [0.3, 0.4) is 0 Å². The van der Waals surface area contributed by atoms with Crippen LogP contribution in [0.15, 0.2) is 11.6 Å². The van der Waals surface area contributed by atoms with Crippen LogP contribution in [-0.4, -0.2) is 62.3 Å². The smallest absolute Gasteiger partial charge is 0.0469 e. The van der Waals surface area contributed by atoms with E-state index in [4.69, 9.17) is 4.74 Å². The highest BCUT2D eigenvalue weighted by Crippen LogP contribution is 2.31. The summed E-state index contributed by atoms with van der Waals surface area (Å²) in [7, 11) is 0. The molecule has 2 heterocycles. The van der Waals surface area contributed by atoms with Gasteiger partial charge in [0, 0.05) is 52.5 Å². The van der Waals surface area contributed by atoms with Crippen molar-refractivity contribution in [2.45, 2.75) is 39.5 Å². The van der Waals surface area contributed by atoms with Crippen molar-refractivity contribution >= 4 is 0 Å². The molecule has 0 bridgehead atoms. The Labute approximate surface area is 136 Å². The first-order valence-corrected chi connectivity index (χ1v) is 9.41. The van der Waals surface area contributed by atoms with Gasteiger partial charge >= 0.3 is 0 Å². The van der Waals surface area contributed by atoms with Crippen molar-refractivity contribution < 1.29 is 4.74 Å². The Kier molecular flexibility index (Phi) is 5.95. The molecule has 2 aliphatic heterocycles. The predicted octanol–water partition coefficient (Wildman–Crippen LogP) is 3.02. The Morgan fingerprint density at radius 3 is 2.27 bits per heavy atom. The Morgan fingerprint density at radius 2 is 1.64 bits per heavy atom. The summed E-state index contributed by atoms with van der Waals surface area (Å²) in [6, 6.07) is 0. The zero-order valence-corrected chi connectivity index (χ0v) is 14.6. The van der Waals surface area contributed by atoms with Gasteiger partial charge in [-0.2, -0.15) is 0 Å². The second kappa shape index (κ2) is 7.94. The zero-order valence-electron chi connectivity index (χ0n) is 14.6. The van der Waals surface area contributed by atoms with Gasteiger partial charge in [0.05, 0.1) is 0 Å². The van der Waals surface area contributed by atoms with Gasteiger partial charge in [0.25, 0.3) is 0 Å². The maximum absolute atomic E-state index is 5.48. The molecule has 3 aliphatic rings. The quantitative estimate of drug-likeness (QED) is 0.743. The van der Waals surface area contributed by atoms with E-state index in [2.05, 4.69) is 29.7 Å². The van der Waals surface area contributed by atoms with Crippen LogP contribution in [0.25, 0.3) is 0 Å². The molecule has 2 saturated heterocycles. The zero-order chi connectivity index (χ0) is 15.4. The van der Waals surface area contributed by atoms with E-state index in [1.54, 1.807) is 5.57 Å². The number of allylic oxidation sites excluding steroid dienone is 1. The molecule has 0 amide bonds. The predicted molar refractivity (Wildman–Crippen MR) is 92.1 cm³/mol. The topological polar surface area (TPSA) is 15.7 Å². The van der Waals surface area contributed by atoms with Crippen LogP contribution in [0.2, 0.25) is 0 Å². The number of piperazine rings is 1. The molecule has 2 fully saturated rings. The standard InChI is InChI=1S/C19H34N2O/c1-16-4-3-5-17(2)19(16)15-21-10-8-20(9-11-21)14-18-6-12-22-13-7-18/h4,17-19H,3,5-15H2,1-2H3/t17-,19+/m0/s1. The lowest BCUT2D eigenvalue weighted by atomic mass is 9.79. The third-order valence-corrected chi connectivity index (χ3v) is 6.14.